The second-order valence-corrected chi connectivity index (χ2v) is 6.44. The molecule has 1 atom stereocenters. The predicted molar refractivity (Wildman–Crippen MR) is 87.6 cm³/mol. The summed E-state index contributed by atoms with van der Waals surface area (Å²) >= 11 is 9.81. The molecule has 0 aliphatic rings. The highest BCUT2D eigenvalue weighted by Gasteiger charge is 2.17. The number of hydrogen-bond donors (Lipinski definition) is 0. The van der Waals surface area contributed by atoms with E-state index in [9.17, 15) is 0 Å². The Kier molecular flexibility index (Phi) is 4.37. The van der Waals surface area contributed by atoms with Crippen LogP contribution >= 0.6 is 27.5 Å². The summed E-state index contributed by atoms with van der Waals surface area (Å²) in [5.41, 5.74) is 8.02. The van der Waals surface area contributed by atoms with Crippen LogP contribution in [-0.2, 0) is 0 Å². The van der Waals surface area contributed by atoms with Gasteiger partial charge in [-0.2, -0.15) is 0 Å². The molecule has 2 rings (SSSR count). The zero-order valence-electron chi connectivity index (χ0n) is 11.7. The molecule has 0 heterocycles. The maximum Gasteiger partial charge on any atom is 0.0649 e. The molecule has 0 N–H and O–H groups in total. The van der Waals surface area contributed by atoms with Crippen molar-refractivity contribution in [2.75, 3.05) is 0 Å². The third kappa shape index (κ3) is 2.88. The van der Waals surface area contributed by atoms with Gasteiger partial charge in [0, 0.05) is 5.02 Å². The summed E-state index contributed by atoms with van der Waals surface area (Å²) in [6.45, 7) is 8.74. The van der Waals surface area contributed by atoms with Crippen molar-refractivity contribution >= 4 is 27.5 Å². The molecular weight excluding hydrogens is 320 g/mol. The van der Waals surface area contributed by atoms with Crippen LogP contribution in [0.4, 0.5) is 0 Å². The largest absolute Gasteiger partial charge is 0.0843 e. The van der Waals surface area contributed by atoms with Crippen molar-refractivity contribution in [1.82, 2.24) is 0 Å². The van der Waals surface area contributed by atoms with E-state index in [2.05, 4.69) is 61.8 Å². The molecule has 0 bridgehead atoms. The highest BCUT2D eigenvalue weighted by molar-refractivity contribution is 9.09. The SMILES string of the molecule is Cc1cc(C)c(C)c(C(Br)c2ccc(Cl)cc2)c1C. The van der Waals surface area contributed by atoms with Gasteiger partial charge in [-0.3, -0.25) is 0 Å². The molecule has 100 valence electrons. The predicted octanol–water partition coefficient (Wildman–Crippen LogP) is 6.06. The zero-order valence-corrected chi connectivity index (χ0v) is 14.1. The van der Waals surface area contributed by atoms with E-state index < -0.39 is 0 Å². The molecule has 0 aliphatic heterocycles. The third-order valence-electron chi connectivity index (χ3n) is 3.84. The van der Waals surface area contributed by atoms with Gasteiger partial charge in [0.05, 0.1) is 4.83 Å². The minimum Gasteiger partial charge on any atom is -0.0843 e. The maximum absolute atomic E-state index is 5.96. The number of benzene rings is 2. The van der Waals surface area contributed by atoms with Gasteiger partial charge in [0.25, 0.3) is 0 Å². The first-order chi connectivity index (χ1) is 8.91. The van der Waals surface area contributed by atoms with E-state index in [-0.39, 0.29) is 4.83 Å². The molecule has 0 nitrogen and oxygen atoms in total. The van der Waals surface area contributed by atoms with Gasteiger partial charge in [0.2, 0.25) is 0 Å². The summed E-state index contributed by atoms with van der Waals surface area (Å²) < 4.78 is 0. The van der Waals surface area contributed by atoms with Gasteiger partial charge in [-0.1, -0.05) is 45.7 Å². The summed E-state index contributed by atoms with van der Waals surface area (Å²) in [6, 6.07) is 10.3. The van der Waals surface area contributed by atoms with Crippen LogP contribution in [0.1, 0.15) is 38.2 Å². The minimum atomic E-state index is 0.211. The standard InChI is InChI=1S/C17H18BrCl/c1-10-9-11(2)13(4)16(12(10)3)17(18)14-5-7-15(19)8-6-14/h5-9,17H,1-4H3. The molecule has 0 radical (unpaired) electrons. The monoisotopic (exact) mass is 336 g/mol. The summed E-state index contributed by atoms with van der Waals surface area (Å²) in [6.07, 6.45) is 0. The van der Waals surface area contributed by atoms with Crippen molar-refractivity contribution in [1.29, 1.82) is 0 Å². The molecule has 0 amide bonds. The quantitative estimate of drug-likeness (QED) is 0.584. The van der Waals surface area contributed by atoms with Gasteiger partial charge in [0.1, 0.15) is 0 Å². The van der Waals surface area contributed by atoms with Gasteiger partial charge in [-0.25, -0.2) is 0 Å². The molecule has 0 saturated carbocycles. The maximum atomic E-state index is 5.96. The van der Waals surface area contributed by atoms with E-state index in [1.165, 1.54) is 33.4 Å². The van der Waals surface area contributed by atoms with Crippen LogP contribution in [0.2, 0.25) is 5.02 Å². The van der Waals surface area contributed by atoms with Gasteiger partial charge < -0.3 is 0 Å². The lowest BCUT2D eigenvalue weighted by Gasteiger charge is -2.20. The van der Waals surface area contributed by atoms with Crippen LogP contribution < -0.4 is 0 Å². The van der Waals surface area contributed by atoms with E-state index >= 15 is 0 Å². The van der Waals surface area contributed by atoms with E-state index in [4.69, 9.17) is 11.6 Å². The van der Waals surface area contributed by atoms with Crippen molar-refractivity contribution in [3.63, 3.8) is 0 Å². The average Bonchev–Trinajstić information content (AvgIpc) is 2.37. The van der Waals surface area contributed by atoms with E-state index in [0.717, 1.165) is 5.02 Å². The Bertz CT molecular complexity index is 573. The fourth-order valence-electron chi connectivity index (χ4n) is 2.43. The fourth-order valence-corrected chi connectivity index (χ4v) is 3.54. The summed E-state index contributed by atoms with van der Waals surface area (Å²) in [5.74, 6) is 0. The smallest absolute Gasteiger partial charge is 0.0649 e. The molecule has 0 fully saturated rings. The van der Waals surface area contributed by atoms with Crippen molar-refractivity contribution in [2.24, 2.45) is 0 Å². The van der Waals surface area contributed by atoms with Crippen molar-refractivity contribution in [3.8, 4) is 0 Å². The van der Waals surface area contributed by atoms with E-state index in [1.807, 2.05) is 12.1 Å². The number of aryl methyl sites for hydroxylation is 2. The Morgan fingerprint density at radius 1 is 0.895 bits per heavy atom. The Morgan fingerprint density at radius 3 is 1.84 bits per heavy atom. The summed E-state index contributed by atoms with van der Waals surface area (Å²) in [5, 5.41) is 0.775. The first kappa shape index (κ1) is 14.6. The van der Waals surface area contributed by atoms with Crippen LogP contribution in [0, 0.1) is 27.7 Å². The zero-order chi connectivity index (χ0) is 14.2. The van der Waals surface area contributed by atoms with Gasteiger partial charge in [0.15, 0.2) is 0 Å². The van der Waals surface area contributed by atoms with Gasteiger partial charge in [-0.05, 0) is 73.2 Å². The third-order valence-corrected chi connectivity index (χ3v) is 5.08. The second kappa shape index (κ2) is 5.68. The first-order valence-corrected chi connectivity index (χ1v) is 7.68. The Balaban J connectivity index is 2.55. The summed E-state index contributed by atoms with van der Waals surface area (Å²) in [7, 11) is 0. The Labute approximate surface area is 128 Å². The topological polar surface area (TPSA) is 0 Å². The fraction of sp³-hybridized carbons (Fsp3) is 0.294. The van der Waals surface area contributed by atoms with Crippen LogP contribution in [0.15, 0.2) is 30.3 Å². The van der Waals surface area contributed by atoms with Crippen LogP contribution in [-0.4, -0.2) is 0 Å². The molecule has 0 aromatic heterocycles. The van der Waals surface area contributed by atoms with Crippen molar-refractivity contribution in [3.05, 3.63) is 68.7 Å². The molecule has 2 aromatic carbocycles. The molecule has 0 saturated heterocycles. The van der Waals surface area contributed by atoms with Crippen LogP contribution in [0.3, 0.4) is 0 Å². The Hall–Kier alpha value is -0.790. The van der Waals surface area contributed by atoms with Crippen molar-refractivity contribution in [2.45, 2.75) is 32.5 Å². The second-order valence-electron chi connectivity index (χ2n) is 5.09. The summed E-state index contributed by atoms with van der Waals surface area (Å²) in [4.78, 5) is 0.211. The van der Waals surface area contributed by atoms with Gasteiger partial charge in [-0.15, -0.1) is 0 Å². The molecule has 19 heavy (non-hydrogen) atoms. The number of alkyl halides is 1. The van der Waals surface area contributed by atoms with Crippen LogP contribution in [0.5, 0.6) is 0 Å². The normalized spacial score (nSPS) is 12.5. The van der Waals surface area contributed by atoms with E-state index in [0.29, 0.717) is 0 Å². The molecular formula is C17H18BrCl. The first-order valence-electron chi connectivity index (χ1n) is 6.38. The average molecular weight is 338 g/mol. The molecule has 0 aliphatic carbocycles. The molecule has 0 spiro atoms. The number of halogens is 2. The van der Waals surface area contributed by atoms with Crippen molar-refractivity contribution < 1.29 is 0 Å². The minimum absolute atomic E-state index is 0.211. The highest BCUT2D eigenvalue weighted by atomic mass is 79.9. The molecule has 2 heteroatoms. The lowest BCUT2D eigenvalue weighted by atomic mass is 9.90. The molecule has 1 unspecified atom stereocenters. The lowest BCUT2D eigenvalue weighted by Crippen LogP contribution is -2.03. The Morgan fingerprint density at radius 2 is 1.37 bits per heavy atom. The van der Waals surface area contributed by atoms with E-state index in [1.54, 1.807) is 0 Å². The number of rotatable bonds is 2. The molecule has 2 aromatic rings. The lowest BCUT2D eigenvalue weighted by molar-refractivity contribution is 1.08. The highest BCUT2D eigenvalue weighted by Crippen LogP contribution is 2.37. The van der Waals surface area contributed by atoms with Crippen LogP contribution in [0.25, 0.3) is 0 Å². The number of hydrogen-bond acceptors (Lipinski definition) is 0. The van der Waals surface area contributed by atoms with Gasteiger partial charge >= 0.3 is 0 Å².